The van der Waals surface area contributed by atoms with Crippen LogP contribution in [0.25, 0.3) is 0 Å². The van der Waals surface area contributed by atoms with Gasteiger partial charge in [-0.05, 0) is 49.9 Å². The number of amides is 2. The highest BCUT2D eigenvalue weighted by Crippen LogP contribution is 2.21. The van der Waals surface area contributed by atoms with E-state index in [-0.39, 0.29) is 11.8 Å². The minimum Gasteiger partial charge on any atom is -0.496 e. The van der Waals surface area contributed by atoms with Crippen LogP contribution in [-0.2, 0) is 16.0 Å². The van der Waals surface area contributed by atoms with E-state index in [0.717, 1.165) is 51.2 Å². The van der Waals surface area contributed by atoms with Gasteiger partial charge in [0.2, 0.25) is 11.8 Å². The predicted molar refractivity (Wildman–Crippen MR) is 107 cm³/mol. The van der Waals surface area contributed by atoms with Crippen molar-refractivity contribution in [2.75, 3.05) is 46.9 Å². The summed E-state index contributed by atoms with van der Waals surface area (Å²) in [5, 5.41) is 2.67. The van der Waals surface area contributed by atoms with Gasteiger partial charge >= 0.3 is 0 Å². The van der Waals surface area contributed by atoms with Crippen LogP contribution in [0.4, 0.5) is 0 Å². The first-order chi connectivity index (χ1) is 13.0. The fourth-order valence-electron chi connectivity index (χ4n) is 3.61. The Morgan fingerprint density at radius 3 is 2.63 bits per heavy atom. The zero-order valence-corrected chi connectivity index (χ0v) is 16.9. The largest absolute Gasteiger partial charge is 0.496 e. The highest BCUT2D eigenvalue weighted by molar-refractivity contribution is 5.77. The van der Waals surface area contributed by atoms with E-state index in [1.807, 2.05) is 24.1 Å². The Hall–Kier alpha value is -2.08. The van der Waals surface area contributed by atoms with E-state index in [4.69, 9.17) is 4.74 Å². The van der Waals surface area contributed by atoms with Crippen LogP contribution in [0.3, 0.4) is 0 Å². The molecular formula is C21H33N3O3. The summed E-state index contributed by atoms with van der Waals surface area (Å²) in [7, 11) is 3.59. The Morgan fingerprint density at radius 2 is 1.96 bits per heavy atom. The number of piperidine rings is 1. The van der Waals surface area contributed by atoms with Crippen molar-refractivity contribution in [2.24, 2.45) is 5.92 Å². The molecule has 27 heavy (non-hydrogen) atoms. The summed E-state index contributed by atoms with van der Waals surface area (Å²) in [5.74, 6) is 1.53. The second kappa shape index (κ2) is 10.9. The molecule has 1 fully saturated rings. The maximum Gasteiger partial charge on any atom is 0.224 e. The molecule has 0 spiro atoms. The Kier molecular flexibility index (Phi) is 8.58. The van der Waals surface area contributed by atoms with E-state index in [2.05, 4.69) is 22.3 Å². The van der Waals surface area contributed by atoms with Gasteiger partial charge in [0.05, 0.1) is 7.11 Å². The van der Waals surface area contributed by atoms with Gasteiger partial charge in [0.15, 0.2) is 0 Å². The van der Waals surface area contributed by atoms with Gasteiger partial charge in [0.25, 0.3) is 0 Å². The number of nitrogens with zero attached hydrogens (tertiary/aromatic N) is 2. The van der Waals surface area contributed by atoms with E-state index in [0.29, 0.717) is 18.9 Å². The lowest BCUT2D eigenvalue weighted by Gasteiger charge is -2.34. The molecule has 1 saturated heterocycles. The van der Waals surface area contributed by atoms with Gasteiger partial charge in [-0.1, -0.05) is 18.2 Å². The number of carbonyl (C=O) groups excluding carboxylic acids is 2. The second-order valence-electron chi connectivity index (χ2n) is 7.35. The number of rotatable bonds is 9. The van der Waals surface area contributed by atoms with Crippen LogP contribution >= 0.6 is 0 Å². The SMILES string of the molecule is COc1ccccc1CCN1CCC(CN(C)C(=O)CCNC(C)=O)CC1. The molecule has 6 nitrogen and oxygen atoms in total. The molecule has 0 atom stereocenters. The Labute approximate surface area is 162 Å². The van der Waals surface area contributed by atoms with Gasteiger partial charge in [-0.3, -0.25) is 9.59 Å². The molecular weight excluding hydrogens is 342 g/mol. The summed E-state index contributed by atoms with van der Waals surface area (Å²) in [6.07, 6.45) is 3.61. The minimum atomic E-state index is -0.0917. The van der Waals surface area contributed by atoms with Crippen molar-refractivity contribution in [3.8, 4) is 5.75 Å². The van der Waals surface area contributed by atoms with Crippen LogP contribution in [-0.4, -0.2) is 68.5 Å². The van der Waals surface area contributed by atoms with Crippen molar-refractivity contribution in [1.82, 2.24) is 15.1 Å². The lowest BCUT2D eigenvalue weighted by atomic mass is 9.96. The molecule has 1 aliphatic heterocycles. The third-order valence-corrected chi connectivity index (χ3v) is 5.27. The van der Waals surface area contributed by atoms with Gasteiger partial charge in [0, 0.05) is 40.0 Å². The molecule has 0 unspecified atom stereocenters. The quantitative estimate of drug-likeness (QED) is 0.716. The molecule has 1 aromatic carbocycles. The number of methoxy groups -OCH3 is 1. The van der Waals surface area contributed by atoms with Crippen LogP contribution in [0.1, 0.15) is 31.7 Å². The van der Waals surface area contributed by atoms with Crippen molar-refractivity contribution >= 4 is 11.8 Å². The van der Waals surface area contributed by atoms with Gasteiger partial charge in [-0.15, -0.1) is 0 Å². The Bertz CT molecular complexity index is 612. The molecule has 0 radical (unpaired) electrons. The van der Waals surface area contributed by atoms with Gasteiger partial charge in [0.1, 0.15) is 5.75 Å². The van der Waals surface area contributed by atoms with Crippen LogP contribution in [0.15, 0.2) is 24.3 Å². The van der Waals surface area contributed by atoms with Crippen LogP contribution in [0.2, 0.25) is 0 Å². The molecule has 2 amide bonds. The highest BCUT2D eigenvalue weighted by Gasteiger charge is 2.22. The molecule has 0 bridgehead atoms. The maximum atomic E-state index is 12.1. The number of likely N-dealkylation sites (tertiary alicyclic amines) is 1. The number of hydrogen-bond donors (Lipinski definition) is 1. The van der Waals surface area contributed by atoms with Gasteiger partial charge in [-0.2, -0.15) is 0 Å². The molecule has 0 aliphatic carbocycles. The Morgan fingerprint density at radius 1 is 1.26 bits per heavy atom. The molecule has 1 aliphatic rings. The summed E-state index contributed by atoms with van der Waals surface area (Å²) >= 11 is 0. The number of benzene rings is 1. The molecule has 1 heterocycles. The molecule has 150 valence electrons. The van der Waals surface area contributed by atoms with Crippen LogP contribution < -0.4 is 10.1 Å². The predicted octanol–water partition coefficient (Wildman–Crippen LogP) is 1.93. The second-order valence-corrected chi connectivity index (χ2v) is 7.35. The van der Waals surface area contributed by atoms with Crippen molar-refractivity contribution < 1.29 is 14.3 Å². The van der Waals surface area contributed by atoms with E-state index in [1.54, 1.807) is 7.11 Å². The monoisotopic (exact) mass is 375 g/mol. The van der Waals surface area contributed by atoms with Crippen LogP contribution in [0.5, 0.6) is 5.75 Å². The Balaban J connectivity index is 1.67. The molecule has 0 saturated carbocycles. The summed E-state index contributed by atoms with van der Waals surface area (Å²) in [6.45, 7) is 5.88. The highest BCUT2D eigenvalue weighted by atomic mass is 16.5. The lowest BCUT2D eigenvalue weighted by Crippen LogP contribution is -2.40. The average molecular weight is 376 g/mol. The molecule has 6 heteroatoms. The number of ether oxygens (including phenoxy) is 1. The zero-order chi connectivity index (χ0) is 19.6. The first-order valence-corrected chi connectivity index (χ1v) is 9.82. The third-order valence-electron chi connectivity index (χ3n) is 5.27. The van der Waals surface area contributed by atoms with Crippen molar-refractivity contribution in [3.63, 3.8) is 0 Å². The minimum absolute atomic E-state index is 0.0917. The van der Waals surface area contributed by atoms with E-state index in [1.165, 1.54) is 12.5 Å². The molecule has 0 aromatic heterocycles. The van der Waals surface area contributed by atoms with Crippen LogP contribution in [0, 0.1) is 5.92 Å². The fraction of sp³-hybridized carbons (Fsp3) is 0.619. The normalized spacial score (nSPS) is 15.4. The number of nitrogens with one attached hydrogen (secondary N) is 1. The average Bonchev–Trinajstić information content (AvgIpc) is 2.67. The molecule has 1 aromatic rings. The van der Waals surface area contributed by atoms with E-state index >= 15 is 0 Å². The first kappa shape index (κ1) is 21.2. The summed E-state index contributed by atoms with van der Waals surface area (Å²) in [5.41, 5.74) is 1.26. The lowest BCUT2D eigenvalue weighted by molar-refractivity contribution is -0.130. The zero-order valence-electron chi connectivity index (χ0n) is 16.9. The van der Waals surface area contributed by atoms with Crippen molar-refractivity contribution in [2.45, 2.75) is 32.6 Å². The first-order valence-electron chi connectivity index (χ1n) is 9.82. The van der Waals surface area contributed by atoms with Crippen molar-refractivity contribution in [1.29, 1.82) is 0 Å². The summed E-state index contributed by atoms with van der Waals surface area (Å²) < 4.78 is 5.43. The smallest absolute Gasteiger partial charge is 0.224 e. The number of hydrogen-bond acceptors (Lipinski definition) is 4. The van der Waals surface area contributed by atoms with Gasteiger partial charge in [-0.25, -0.2) is 0 Å². The van der Waals surface area contributed by atoms with E-state index in [9.17, 15) is 9.59 Å². The maximum absolute atomic E-state index is 12.1. The van der Waals surface area contributed by atoms with E-state index < -0.39 is 0 Å². The van der Waals surface area contributed by atoms with Gasteiger partial charge < -0.3 is 19.9 Å². The standard InChI is InChI=1S/C21H33N3O3/c1-17(25)22-12-8-21(26)23(2)16-18-9-13-24(14-10-18)15-11-19-6-4-5-7-20(19)27-3/h4-7,18H,8-16H2,1-3H3,(H,22,25). The molecule has 2 rings (SSSR count). The third kappa shape index (κ3) is 7.21. The fourth-order valence-corrected chi connectivity index (χ4v) is 3.61. The molecule has 1 N–H and O–H groups in total. The number of para-hydroxylation sites is 1. The topological polar surface area (TPSA) is 61.9 Å². The summed E-state index contributed by atoms with van der Waals surface area (Å²) in [6, 6.07) is 8.21. The van der Waals surface area contributed by atoms with Crippen molar-refractivity contribution in [3.05, 3.63) is 29.8 Å². The number of carbonyl (C=O) groups is 2. The summed E-state index contributed by atoms with van der Waals surface area (Å²) in [4.78, 5) is 27.3.